The van der Waals surface area contributed by atoms with Crippen molar-refractivity contribution in [2.75, 3.05) is 30.8 Å². The zero-order chi connectivity index (χ0) is 23.5. The van der Waals surface area contributed by atoms with E-state index in [1.165, 1.54) is 18.5 Å². The van der Waals surface area contributed by atoms with E-state index in [2.05, 4.69) is 19.7 Å². The predicted molar refractivity (Wildman–Crippen MR) is 117 cm³/mol. The molecular formula is C19H24F4N6O2S. The third kappa shape index (κ3) is 6.28. The van der Waals surface area contributed by atoms with Crippen LogP contribution in [0.4, 0.5) is 23.4 Å². The summed E-state index contributed by atoms with van der Waals surface area (Å²) in [5.41, 5.74) is 0.405. The summed E-state index contributed by atoms with van der Waals surface area (Å²) in [6, 6.07) is 3.39. The van der Waals surface area contributed by atoms with Gasteiger partial charge in [0.15, 0.2) is 0 Å². The summed E-state index contributed by atoms with van der Waals surface area (Å²) >= 11 is 0. The van der Waals surface area contributed by atoms with E-state index >= 15 is 0 Å². The molecule has 0 amide bonds. The Hall–Kier alpha value is -2.48. The van der Waals surface area contributed by atoms with Crippen molar-refractivity contribution in [3.05, 3.63) is 36.4 Å². The highest BCUT2D eigenvalue weighted by atomic mass is 32.3. The second-order valence-corrected chi connectivity index (χ2v) is 9.47. The van der Waals surface area contributed by atoms with Crippen molar-refractivity contribution in [3.8, 4) is 11.3 Å². The lowest BCUT2D eigenvalue weighted by Crippen LogP contribution is -2.51. The molecule has 1 atom stereocenters. The molecule has 1 aliphatic rings. The maximum Gasteiger partial charge on any atom is 0.279 e. The standard InChI is InChI=1S/C19H24F4N6O2S/c1-32(30,31)27-9-13-11-29(7-5-19(13,22)23)17-8-12(4-6-25-17)15-10-26-16(28-15)3-2-14(24)18(20)21/h2-4,6,8,10,13,18,24,27,30-31H,5,7,9,11H2,1H3,(H,26,28)/b3-2-,24-14?. The van der Waals surface area contributed by atoms with Crippen LogP contribution in [0.2, 0.25) is 0 Å². The van der Waals surface area contributed by atoms with Crippen molar-refractivity contribution in [3.63, 3.8) is 0 Å². The van der Waals surface area contributed by atoms with Gasteiger partial charge in [-0.05, 0) is 24.3 Å². The number of hydrogen-bond acceptors (Lipinski definition) is 7. The SMILES string of the molecule is CS(O)(O)NCC1CN(c2cc(-c3cnc(/C=C\C(=N)C(F)F)[nH]3)ccn2)CCC1(F)F. The summed E-state index contributed by atoms with van der Waals surface area (Å²) in [7, 11) is -3.10. The molecule has 0 aromatic carbocycles. The molecule has 0 radical (unpaired) electrons. The zero-order valence-electron chi connectivity index (χ0n) is 17.1. The second kappa shape index (κ2) is 9.57. The molecule has 3 rings (SSSR count). The van der Waals surface area contributed by atoms with Crippen LogP contribution in [0.5, 0.6) is 0 Å². The van der Waals surface area contributed by atoms with E-state index in [1.54, 1.807) is 17.0 Å². The Morgan fingerprint density at radius 3 is 2.88 bits per heavy atom. The second-order valence-electron chi connectivity index (χ2n) is 7.51. The van der Waals surface area contributed by atoms with E-state index in [0.29, 0.717) is 17.1 Å². The average molecular weight is 477 g/mol. The molecule has 13 heteroatoms. The fraction of sp³-hybridized carbons (Fsp3) is 0.421. The third-order valence-corrected chi connectivity index (χ3v) is 5.70. The number of aromatic nitrogens is 3. The van der Waals surface area contributed by atoms with Crippen LogP contribution in [-0.4, -0.2) is 68.0 Å². The number of nitrogens with one attached hydrogen (secondary N) is 3. The van der Waals surface area contributed by atoms with E-state index in [1.807, 2.05) is 0 Å². The number of hydrogen-bond donors (Lipinski definition) is 5. The van der Waals surface area contributed by atoms with E-state index in [-0.39, 0.29) is 25.5 Å². The van der Waals surface area contributed by atoms with Gasteiger partial charge >= 0.3 is 0 Å². The number of rotatable bonds is 8. The summed E-state index contributed by atoms with van der Waals surface area (Å²) in [6.07, 6.45) is 3.11. The highest BCUT2D eigenvalue weighted by Gasteiger charge is 2.44. The number of H-pyrrole nitrogens is 1. The first kappa shape index (κ1) is 24.2. The molecule has 5 N–H and O–H groups in total. The quantitative estimate of drug-likeness (QED) is 0.289. The zero-order valence-corrected chi connectivity index (χ0v) is 17.9. The van der Waals surface area contributed by atoms with Crippen molar-refractivity contribution in [1.29, 1.82) is 5.41 Å². The summed E-state index contributed by atoms with van der Waals surface area (Å²) in [5, 5.41) is 7.14. The lowest BCUT2D eigenvalue weighted by Gasteiger charge is -2.40. The molecule has 1 aliphatic heterocycles. The molecule has 2 aromatic rings. The Morgan fingerprint density at radius 2 is 2.19 bits per heavy atom. The van der Waals surface area contributed by atoms with Gasteiger partial charge in [-0.2, -0.15) is 0 Å². The van der Waals surface area contributed by atoms with Gasteiger partial charge in [-0.3, -0.25) is 14.5 Å². The average Bonchev–Trinajstić information content (AvgIpc) is 3.19. The van der Waals surface area contributed by atoms with Gasteiger partial charge in [-0.1, -0.05) is 0 Å². The summed E-state index contributed by atoms with van der Waals surface area (Å²) in [5.74, 6) is -3.34. The Bertz CT molecular complexity index is 979. The highest BCUT2D eigenvalue weighted by molar-refractivity contribution is 8.22. The lowest BCUT2D eigenvalue weighted by atomic mass is 9.93. The Kier molecular flexibility index (Phi) is 7.22. The van der Waals surface area contributed by atoms with Crippen LogP contribution < -0.4 is 9.62 Å². The molecular weight excluding hydrogens is 452 g/mol. The van der Waals surface area contributed by atoms with Crippen molar-refractivity contribution >= 4 is 28.4 Å². The number of anilines is 1. The van der Waals surface area contributed by atoms with E-state index in [4.69, 9.17) is 5.41 Å². The Balaban J connectivity index is 1.74. The normalized spacial score (nSPS) is 19.6. The first-order chi connectivity index (χ1) is 14.9. The first-order valence-electron chi connectivity index (χ1n) is 9.61. The van der Waals surface area contributed by atoms with Gasteiger partial charge in [0.1, 0.15) is 11.6 Å². The largest absolute Gasteiger partial charge is 0.356 e. The fourth-order valence-corrected chi connectivity index (χ4v) is 3.74. The third-order valence-electron chi connectivity index (χ3n) is 4.99. The predicted octanol–water partition coefficient (Wildman–Crippen LogP) is 4.12. The number of allylic oxidation sites excluding steroid dienone is 1. The van der Waals surface area contributed by atoms with Gasteiger partial charge in [0, 0.05) is 44.1 Å². The first-order valence-corrected chi connectivity index (χ1v) is 11.6. The van der Waals surface area contributed by atoms with Gasteiger partial charge in [0.05, 0.1) is 23.5 Å². The molecule has 8 nitrogen and oxygen atoms in total. The summed E-state index contributed by atoms with van der Waals surface area (Å²) in [6.45, 7) is -0.209. The lowest BCUT2D eigenvalue weighted by molar-refractivity contribution is -0.0696. The molecule has 176 valence electrons. The molecule has 1 saturated heterocycles. The van der Waals surface area contributed by atoms with Gasteiger partial charge in [-0.15, -0.1) is 10.8 Å². The number of nitrogens with zero attached hydrogens (tertiary/aromatic N) is 3. The van der Waals surface area contributed by atoms with E-state index in [9.17, 15) is 26.7 Å². The van der Waals surface area contributed by atoms with Crippen LogP contribution in [0.1, 0.15) is 12.2 Å². The minimum Gasteiger partial charge on any atom is -0.356 e. The smallest absolute Gasteiger partial charge is 0.279 e. The Morgan fingerprint density at radius 1 is 1.44 bits per heavy atom. The van der Waals surface area contributed by atoms with Crippen LogP contribution in [-0.2, 0) is 0 Å². The van der Waals surface area contributed by atoms with Crippen molar-refractivity contribution in [1.82, 2.24) is 19.7 Å². The number of imidazole rings is 1. The van der Waals surface area contributed by atoms with Crippen molar-refractivity contribution in [2.24, 2.45) is 5.92 Å². The molecule has 1 unspecified atom stereocenters. The van der Waals surface area contributed by atoms with Crippen LogP contribution in [0.15, 0.2) is 30.6 Å². The van der Waals surface area contributed by atoms with Gasteiger partial charge in [0.2, 0.25) is 0 Å². The number of halogens is 4. The maximum absolute atomic E-state index is 14.3. The van der Waals surface area contributed by atoms with Crippen LogP contribution in [0, 0.1) is 11.3 Å². The van der Waals surface area contributed by atoms with Gasteiger partial charge < -0.3 is 9.88 Å². The maximum atomic E-state index is 14.3. The molecule has 3 heterocycles. The topological polar surface area (TPSA) is 121 Å². The summed E-state index contributed by atoms with van der Waals surface area (Å²) < 4.78 is 74.8. The van der Waals surface area contributed by atoms with Crippen LogP contribution >= 0.6 is 10.8 Å². The molecule has 0 spiro atoms. The number of aromatic amines is 1. The number of piperidine rings is 1. The van der Waals surface area contributed by atoms with Crippen LogP contribution in [0.3, 0.4) is 0 Å². The van der Waals surface area contributed by atoms with Crippen molar-refractivity contribution < 1.29 is 26.7 Å². The molecule has 2 aromatic heterocycles. The van der Waals surface area contributed by atoms with Gasteiger partial charge in [0.25, 0.3) is 12.3 Å². The van der Waals surface area contributed by atoms with E-state index in [0.717, 1.165) is 12.3 Å². The Labute approximate surface area is 183 Å². The molecule has 32 heavy (non-hydrogen) atoms. The summed E-state index contributed by atoms with van der Waals surface area (Å²) in [4.78, 5) is 13.0. The van der Waals surface area contributed by atoms with E-state index < -0.39 is 41.2 Å². The molecule has 0 bridgehead atoms. The van der Waals surface area contributed by atoms with Gasteiger partial charge in [-0.25, -0.2) is 32.3 Å². The number of pyridine rings is 1. The number of alkyl halides is 4. The highest BCUT2D eigenvalue weighted by Crippen LogP contribution is 2.37. The monoisotopic (exact) mass is 476 g/mol. The molecule has 1 fully saturated rings. The van der Waals surface area contributed by atoms with Crippen molar-refractivity contribution in [2.45, 2.75) is 18.8 Å². The molecule has 0 saturated carbocycles. The minimum atomic E-state index is -3.10. The molecule has 0 aliphatic carbocycles. The van der Waals surface area contributed by atoms with Crippen LogP contribution in [0.25, 0.3) is 17.3 Å². The minimum absolute atomic E-state index is 0.0291. The fourth-order valence-electron chi connectivity index (χ4n) is 3.23.